The van der Waals surface area contributed by atoms with Crippen molar-refractivity contribution in [2.45, 2.75) is 39.5 Å². The van der Waals surface area contributed by atoms with Crippen LogP contribution in [0.3, 0.4) is 0 Å². The second-order valence-electron chi connectivity index (χ2n) is 11.7. The summed E-state index contributed by atoms with van der Waals surface area (Å²) < 4.78 is 15.0. The van der Waals surface area contributed by atoms with Crippen molar-refractivity contribution in [1.29, 1.82) is 0 Å². The van der Waals surface area contributed by atoms with Gasteiger partial charge in [-0.1, -0.05) is 150 Å². The molecule has 0 aromatic heterocycles. The summed E-state index contributed by atoms with van der Waals surface area (Å²) in [5.41, 5.74) is 8.70. The van der Waals surface area contributed by atoms with Crippen molar-refractivity contribution in [2.24, 2.45) is 5.92 Å². The third-order valence-electron chi connectivity index (χ3n) is 8.46. The van der Waals surface area contributed by atoms with Crippen LogP contribution in [0.25, 0.3) is 23.3 Å². The Kier molecular flexibility index (Phi) is 12.7. The fourth-order valence-electron chi connectivity index (χ4n) is 5.70. The molecular weight excluding hydrogens is 708 g/mol. The first kappa shape index (κ1) is 34.5. The molecule has 0 aliphatic rings. The minimum Gasteiger partial charge on any atom is -0.496 e. The molecule has 47 heavy (non-hydrogen) atoms. The Morgan fingerprint density at radius 1 is 0.617 bits per heavy atom. The van der Waals surface area contributed by atoms with E-state index in [1.807, 2.05) is 0 Å². The smallest absolute Gasteiger partial charge is 0.127 e. The van der Waals surface area contributed by atoms with E-state index in [9.17, 15) is 0 Å². The summed E-state index contributed by atoms with van der Waals surface area (Å²) in [5.74, 6) is 2.13. The van der Waals surface area contributed by atoms with Crippen LogP contribution in [0.5, 0.6) is 11.5 Å². The minimum absolute atomic E-state index is 0.496. The lowest BCUT2D eigenvalue weighted by Crippen LogP contribution is -2.12. The lowest BCUT2D eigenvalue weighted by atomic mass is 9.93. The van der Waals surface area contributed by atoms with Gasteiger partial charge in [0.1, 0.15) is 11.5 Å². The van der Waals surface area contributed by atoms with E-state index >= 15 is 0 Å². The number of rotatable bonds is 14. The number of methoxy groups -OCH3 is 1. The van der Waals surface area contributed by atoms with Gasteiger partial charge < -0.3 is 9.47 Å². The summed E-state index contributed by atoms with van der Waals surface area (Å²) in [4.78, 5) is 0. The topological polar surface area (TPSA) is 18.5 Å². The number of ether oxygens (including phenoxy) is 2. The van der Waals surface area contributed by atoms with Crippen LogP contribution in [0.15, 0.2) is 130 Å². The average molecular weight is 751 g/mol. The van der Waals surface area contributed by atoms with Crippen LogP contribution in [-0.2, 0) is 0 Å². The Hall–Kier alpha value is -3.86. The summed E-state index contributed by atoms with van der Waals surface area (Å²) in [6.45, 7) is 5.18. The second-order valence-corrected chi connectivity index (χ2v) is 13.6. The van der Waals surface area contributed by atoms with Gasteiger partial charge in [0.05, 0.1) is 13.7 Å². The lowest BCUT2D eigenvalue weighted by Gasteiger charge is -2.20. The van der Waals surface area contributed by atoms with Gasteiger partial charge in [0.2, 0.25) is 0 Å². The van der Waals surface area contributed by atoms with Gasteiger partial charge in [-0.2, -0.15) is 0 Å². The molecule has 0 radical (unpaired) electrons. The maximum Gasteiger partial charge on any atom is 0.127 e. The van der Waals surface area contributed by atoms with Crippen LogP contribution in [0.4, 0.5) is 0 Å². The van der Waals surface area contributed by atoms with Crippen LogP contribution in [0.1, 0.15) is 72.9 Å². The first-order chi connectivity index (χ1) is 23.0. The minimum atomic E-state index is 0.496. The maximum absolute atomic E-state index is 6.78. The van der Waals surface area contributed by atoms with Crippen LogP contribution in [-0.4, -0.2) is 13.7 Å². The van der Waals surface area contributed by atoms with E-state index in [1.54, 1.807) is 7.11 Å². The molecule has 4 heteroatoms. The van der Waals surface area contributed by atoms with E-state index in [2.05, 4.69) is 179 Å². The molecule has 0 bridgehead atoms. The lowest BCUT2D eigenvalue weighted by molar-refractivity contribution is 0.232. The van der Waals surface area contributed by atoms with Crippen LogP contribution in [0, 0.1) is 5.92 Å². The molecule has 0 aliphatic heterocycles. The number of hydrogen-bond acceptors (Lipinski definition) is 2. The van der Waals surface area contributed by atoms with Gasteiger partial charge in [0, 0.05) is 20.1 Å². The summed E-state index contributed by atoms with van der Waals surface area (Å²) in [7, 11) is 1.74. The van der Waals surface area contributed by atoms with Crippen molar-refractivity contribution in [1.82, 2.24) is 0 Å². The summed E-state index contributed by atoms with van der Waals surface area (Å²) >= 11 is 7.21. The molecule has 1 unspecified atom stereocenters. The molecule has 0 aliphatic carbocycles. The highest BCUT2D eigenvalue weighted by Crippen LogP contribution is 2.38. The van der Waals surface area contributed by atoms with Crippen molar-refractivity contribution in [3.05, 3.63) is 164 Å². The quantitative estimate of drug-likeness (QED) is 0.105. The van der Waals surface area contributed by atoms with Crippen molar-refractivity contribution in [2.75, 3.05) is 13.7 Å². The van der Waals surface area contributed by atoms with Crippen LogP contribution >= 0.6 is 31.9 Å². The molecule has 0 amide bonds. The molecule has 5 aromatic rings. The first-order valence-corrected chi connectivity index (χ1v) is 18.0. The molecule has 5 aromatic carbocycles. The van der Waals surface area contributed by atoms with E-state index in [1.165, 1.54) is 12.8 Å². The molecule has 0 N–H and O–H groups in total. The largest absolute Gasteiger partial charge is 0.496 e. The van der Waals surface area contributed by atoms with E-state index in [4.69, 9.17) is 9.47 Å². The third-order valence-corrected chi connectivity index (χ3v) is 9.52. The van der Waals surface area contributed by atoms with E-state index in [0.29, 0.717) is 12.5 Å². The summed E-state index contributed by atoms with van der Waals surface area (Å²) in [5, 5.41) is 0. The van der Waals surface area contributed by atoms with E-state index in [-0.39, 0.29) is 0 Å². The van der Waals surface area contributed by atoms with Gasteiger partial charge in [0.25, 0.3) is 0 Å². The predicted molar refractivity (Wildman–Crippen MR) is 207 cm³/mol. The van der Waals surface area contributed by atoms with Crippen molar-refractivity contribution >= 4 is 55.2 Å². The van der Waals surface area contributed by atoms with Crippen molar-refractivity contribution in [3.63, 3.8) is 0 Å². The molecule has 240 valence electrons. The van der Waals surface area contributed by atoms with E-state index in [0.717, 1.165) is 77.8 Å². The predicted octanol–water partition coefficient (Wildman–Crippen LogP) is 13.0. The van der Waals surface area contributed by atoms with Gasteiger partial charge in [-0.05, 0) is 94.3 Å². The average Bonchev–Trinajstić information content (AvgIpc) is 3.11. The zero-order valence-electron chi connectivity index (χ0n) is 27.4. The Balaban J connectivity index is 1.69. The van der Waals surface area contributed by atoms with Gasteiger partial charge in [0.15, 0.2) is 0 Å². The molecule has 0 spiro atoms. The zero-order valence-corrected chi connectivity index (χ0v) is 30.6. The number of unbranched alkanes of at least 4 members (excludes halogenated alkanes) is 1. The highest BCUT2D eigenvalue weighted by Gasteiger charge is 2.16. The number of halogens is 2. The molecule has 2 nitrogen and oxygen atoms in total. The van der Waals surface area contributed by atoms with Gasteiger partial charge >= 0.3 is 0 Å². The Morgan fingerprint density at radius 2 is 1.06 bits per heavy atom. The Labute approximate surface area is 297 Å². The maximum atomic E-state index is 6.78. The number of hydrogen-bond donors (Lipinski definition) is 0. The van der Waals surface area contributed by atoms with Gasteiger partial charge in [-0.15, -0.1) is 0 Å². The zero-order chi connectivity index (χ0) is 33.0. The van der Waals surface area contributed by atoms with E-state index < -0.39 is 0 Å². The van der Waals surface area contributed by atoms with Crippen LogP contribution < -0.4 is 9.47 Å². The summed E-state index contributed by atoms with van der Waals surface area (Å²) in [6.07, 6.45) is 9.11. The molecule has 0 saturated carbocycles. The van der Waals surface area contributed by atoms with Gasteiger partial charge in [-0.25, -0.2) is 0 Å². The van der Waals surface area contributed by atoms with Gasteiger partial charge in [-0.3, -0.25) is 0 Å². The first-order valence-electron chi connectivity index (χ1n) is 16.4. The highest BCUT2D eigenvalue weighted by molar-refractivity contribution is 9.10. The third kappa shape index (κ3) is 9.37. The molecule has 5 rings (SSSR count). The fraction of sp³-hybridized carbons (Fsp3) is 0.209. The number of benzene rings is 5. The van der Waals surface area contributed by atoms with Crippen molar-refractivity contribution in [3.8, 4) is 11.5 Å². The second kappa shape index (κ2) is 17.3. The van der Waals surface area contributed by atoms with Crippen molar-refractivity contribution < 1.29 is 9.47 Å². The summed E-state index contributed by atoms with van der Waals surface area (Å²) in [6, 6.07) is 42.3. The fourth-order valence-corrected chi connectivity index (χ4v) is 6.23. The molecule has 0 heterocycles. The normalized spacial score (nSPS) is 12.5. The SMILES string of the molecule is CCCCC(CC)COc1cc(/C=C(\c2ccccc2)c2ccc(Br)cc2)c(OC)cc1/C=C(\c1ccccc1)c1ccc(Br)cc1. The molecule has 1 atom stereocenters. The monoisotopic (exact) mass is 748 g/mol. The Bertz CT molecular complexity index is 1770. The standard InChI is InChI=1S/C43H42Br2O2/c1-4-6-13-31(5-2)30-47-43-29-36(26-40(32-14-9-7-10-15-32)34-18-22-38(44)23-19-34)42(46-3)28-37(43)27-41(33-16-11-8-12-17-33)35-20-24-39(45)25-21-35/h7-12,14-29,31H,4-6,13,30H2,1-3H3/b40-26+,41-27+. The molecule has 0 fully saturated rings. The molecule has 0 saturated heterocycles. The highest BCUT2D eigenvalue weighted by atomic mass is 79.9. The Morgan fingerprint density at radius 3 is 1.51 bits per heavy atom. The molecular formula is C43H42Br2O2. The van der Waals surface area contributed by atoms with Crippen LogP contribution in [0.2, 0.25) is 0 Å².